The lowest BCUT2D eigenvalue weighted by Crippen LogP contribution is -2.41. The molecule has 1 heterocycles. The number of nitrogens with one attached hydrogen (secondary N) is 1. The third-order valence-corrected chi connectivity index (χ3v) is 2.89. The molecule has 0 radical (unpaired) electrons. The van der Waals surface area contributed by atoms with E-state index >= 15 is 0 Å². The average Bonchev–Trinajstić information content (AvgIpc) is 2.24. The van der Waals surface area contributed by atoms with E-state index in [1.807, 2.05) is 5.01 Å². The quantitative estimate of drug-likeness (QED) is 0.838. The summed E-state index contributed by atoms with van der Waals surface area (Å²) in [6, 6.07) is 4.49. The van der Waals surface area contributed by atoms with E-state index in [1.165, 1.54) is 12.1 Å². The number of hydrazine groups is 1. The SMILES string of the molecule is OC1CCCN(Nc2ccc(F)c(Cl)c2)C1. The second-order valence-corrected chi connectivity index (χ2v) is 4.39. The highest BCUT2D eigenvalue weighted by molar-refractivity contribution is 6.31. The minimum atomic E-state index is -0.425. The first kappa shape index (κ1) is 11.6. The van der Waals surface area contributed by atoms with Gasteiger partial charge in [0.1, 0.15) is 5.82 Å². The fourth-order valence-corrected chi connectivity index (χ4v) is 1.99. The maximum absolute atomic E-state index is 12.9. The molecule has 1 aromatic carbocycles. The van der Waals surface area contributed by atoms with Crippen LogP contribution < -0.4 is 5.43 Å². The van der Waals surface area contributed by atoms with Crippen LogP contribution in [0.5, 0.6) is 0 Å². The van der Waals surface area contributed by atoms with E-state index in [1.54, 1.807) is 6.07 Å². The molecule has 0 aromatic heterocycles. The Morgan fingerprint density at radius 3 is 3.00 bits per heavy atom. The molecule has 1 atom stereocenters. The molecule has 1 aliphatic rings. The molecule has 0 amide bonds. The summed E-state index contributed by atoms with van der Waals surface area (Å²) in [5, 5.41) is 11.5. The molecule has 1 unspecified atom stereocenters. The van der Waals surface area contributed by atoms with Gasteiger partial charge in [0.2, 0.25) is 0 Å². The fourth-order valence-electron chi connectivity index (χ4n) is 1.80. The Kier molecular flexibility index (Phi) is 3.63. The maximum atomic E-state index is 12.9. The summed E-state index contributed by atoms with van der Waals surface area (Å²) in [5.41, 5.74) is 3.84. The number of anilines is 1. The van der Waals surface area contributed by atoms with Crippen LogP contribution in [0.1, 0.15) is 12.8 Å². The number of nitrogens with zero attached hydrogens (tertiary/aromatic N) is 1. The van der Waals surface area contributed by atoms with Gasteiger partial charge >= 0.3 is 0 Å². The van der Waals surface area contributed by atoms with Crippen molar-refractivity contribution in [2.75, 3.05) is 18.5 Å². The first-order valence-corrected chi connectivity index (χ1v) is 5.67. The Hall–Kier alpha value is -0.840. The monoisotopic (exact) mass is 244 g/mol. The summed E-state index contributed by atoms with van der Waals surface area (Å²) in [6.07, 6.45) is 1.49. The van der Waals surface area contributed by atoms with E-state index in [2.05, 4.69) is 5.43 Å². The zero-order valence-electron chi connectivity index (χ0n) is 8.79. The van der Waals surface area contributed by atoms with Crippen LogP contribution in [0, 0.1) is 5.82 Å². The van der Waals surface area contributed by atoms with Crippen molar-refractivity contribution in [1.29, 1.82) is 0 Å². The Bertz CT molecular complexity index is 375. The number of aliphatic hydroxyl groups is 1. The second kappa shape index (κ2) is 4.99. The molecule has 0 aliphatic carbocycles. The summed E-state index contributed by atoms with van der Waals surface area (Å²) >= 11 is 5.68. The normalized spacial score (nSPS) is 22.1. The third-order valence-electron chi connectivity index (χ3n) is 2.60. The van der Waals surface area contributed by atoms with Crippen LogP contribution in [0.4, 0.5) is 10.1 Å². The van der Waals surface area contributed by atoms with Crippen LogP contribution in [0.3, 0.4) is 0 Å². The Labute approximate surface area is 98.8 Å². The highest BCUT2D eigenvalue weighted by Gasteiger charge is 2.17. The highest BCUT2D eigenvalue weighted by atomic mass is 35.5. The largest absolute Gasteiger partial charge is 0.392 e. The molecule has 2 N–H and O–H groups in total. The number of benzene rings is 1. The van der Waals surface area contributed by atoms with Crippen LogP contribution in [0.25, 0.3) is 0 Å². The number of piperidine rings is 1. The lowest BCUT2D eigenvalue weighted by Gasteiger charge is -2.31. The van der Waals surface area contributed by atoms with Crippen LogP contribution >= 0.6 is 11.6 Å². The zero-order valence-corrected chi connectivity index (χ0v) is 9.54. The lowest BCUT2D eigenvalue weighted by molar-refractivity contribution is 0.0838. The molecule has 0 saturated carbocycles. The number of aliphatic hydroxyl groups excluding tert-OH is 1. The highest BCUT2D eigenvalue weighted by Crippen LogP contribution is 2.20. The van der Waals surface area contributed by atoms with Gasteiger partial charge in [0, 0.05) is 13.1 Å². The van der Waals surface area contributed by atoms with Crippen molar-refractivity contribution in [3.05, 3.63) is 29.0 Å². The van der Waals surface area contributed by atoms with Gasteiger partial charge in [-0.25, -0.2) is 9.40 Å². The van der Waals surface area contributed by atoms with Gasteiger partial charge in [-0.2, -0.15) is 0 Å². The summed E-state index contributed by atoms with van der Waals surface area (Å²) in [6.45, 7) is 1.45. The molecule has 88 valence electrons. The molecule has 1 aliphatic heterocycles. The molecular weight excluding hydrogens is 231 g/mol. The molecule has 16 heavy (non-hydrogen) atoms. The van der Waals surface area contributed by atoms with Gasteiger partial charge < -0.3 is 10.5 Å². The molecule has 2 rings (SSSR count). The predicted molar refractivity (Wildman–Crippen MR) is 61.8 cm³/mol. The van der Waals surface area contributed by atoms with Crippen molar-refractivity contribution in [2.24, 2.45) is 0 Å². The van der Waals surface area contributed by atoms with E-state index in [0.29, 0.717) is 6.54 Å². The van der Waals surface area contributed by atoms with Crippen molar-refractivity contribution in [3.8, 4) is 0 Å². The Morgan fingerprint density at radius 1 is 1.50 bits per heavy atom. The number of halogens is 2. The van der Waals surface area contributed by atoms with Crippen LogP contribution in [0.15, 0.2) is 18.2 Å². The van der Waals surface area contributed by atoms with Crippen molar-refractivity contribution in [2.45, 2.75) is 18.9 Å². The number of hydrogen-bond donors (Lipinski definition) is 2. The van der Waals surface area contributed by atoms with Gasteiger partial charge in [-0.1, -0.05) is 11.6 Å². The second-order valence-electron chi connectivity index (χ2n) is 3.98. The molecule has 1 fully saturated rings. The van der Waals surface area contributed by atoms with Crippen molar-refractivity contribution in [1.82, 2.24) is 5.01 Å². The minimum absolute atomic E-state index is 0.0996. The molecule has 0 bridgehead atoms. The molecule has 1 saturated heterocycles. The van der Waals surface area contributed by atoms with E-state index < -0.39 is 5.82 Å². The van der Waals surface area contributed by atoms with Gasteiger partial charge in [0.15, 0.2) is 0 Å². The number of hydrogen-bond acceptors (Lipinski definition) is 3. The maximum Gasteiger partial charge on any atom is 0.141 e. The van der Waals surface area contributed by atoms with E-state index in [-0.39, 0.29) is 11.1 Å². The number of β-amino-alcohol motifs (C(OH)–C–C–N with tert-alkyl or cyclic N) is 1. The standard InChI is InChI=1S/C11H14ClFN2O/c12-10-6-8(3-4-11(10)13)14-15-5-1-2-9(16)7-15/h3-4,6,9,14,16H,1-2,5,7H2. The van der Waals surface area contributed by atoms with Crippen molar-refractivity contribution < 1.29 is 9.50 Å². The fraction of sp³-hybridized carbons (Fsp3) is 0.455. The van der Waals surface area contributed by atoms with E-state index in [4.69, 9.17) is 11.6 Å². The van der Waals surface area contributed by atoms with E-state index in [0.717, 1.165) is 25.1 Å². The van der Waals surface area contributed by atoms with Crippen molar-refractivity contribution >= 4 is 17.3 Å². The first-order valence-electron chi connectivity index (χ1n) is 5.30. The summed E-state index contributed by atoms with van der Waals surface area (Å²) < 4.78 is 12.9. The van der Waals surface area contributed by atoms with Gasteiger partial charge in [0.05, 0.1) is 16.8 Å². The minimum Gasteiger partial charge on any atom is -0.392 e. The average molecular weight is 245 g/mol. The van der Waals surface area contributed by atoms with Crippen LogP contribution in [-0.4, -0.2) is 29.3 Å². The molecule has 1 aromatic rings. The summed E-state index contributed by atoms with van der Waals surface area (Å²) in [4.78, 5) is 0. The zero-order chi connectivity index (χ0) is 11.5. The van der Waals surface area contributed by atoms with Crippen LogP contribution in [0.2, 0.25) is 5.02 Å². The van der Waals surface area contributed by atoms with Gasteiger partial charge in [-0.15, -0.1) is 0 Å². The molecule has 3 nitrogen and oxygen atoms in total. The lowest BCUT2D eigenvalue weighted by atomic mass is 10.1. The molecule has 5 heteroatoms. The van der Waals surface area contributed by atoms with Crippen molar-refractivity contribution in [3.63, 3.8) is 0 Å². The topological polar surface area (TPSA) is 35.5 Å². The van der Waals surface area contributed by atoms with Gasteiger partial charge in [-0.05, 0) is 31.0 Å². The van der Waals surface area contributed by atoms with Gasteiger partial charge in [-0.3, -0.25) is 0 Å². The predicted octanol–water partition coefficient (Wildman–Crippen LogP) is 2.26. The van der Waals surface area contributed by atoms with E-state index in [9.17, 15) is 9.50 Å². The van der Waals surface area contributed by atoms with Crippen LogP contribution in [-0.2, 0) is 0 Å². The molecular formula is C11H14ClFN2O. The summed E-state index contributed by atoms with van der Waals surface area (Å²) in [5.74, 6) is -0.425. The third kappa shape index (κ3) is 2.84. The van der Waals surface area contributed by atoms with Gasteiger partial charge in [0.25, 0.3) is 0 Å². The number of rotatable bonds is 2. The smallest absolute Gasteiger partial charge is 0.141 e. The Morgan fingerprint density at radius 2 is 2.31 bits per heavy atom. The Balaban J connectivity index is 2.00. The first-order chi connectivity index (χ1) is 7.65. The summed E-state index contributed by atoms with van der Waals surface area (Å²) in [7, 11) is 0. The molecule has 0 spiro atoms.